The number of aryl methyl sites for hydroxylation is 1. The van der Waals surface area contributed by atoms with Gasteiger partial charge >= 0.3 is 0 Å². The van der Waals surface area contributed by atoms with Crippen LogP contribution in [0, 0.1) is 0 Å². The molecule has 0 unspecified atom stereocenters. The van der Waals surface area contributed by atoms with E-state index in [1.807, 2.05) is 0 Å². The first-order chi connectivity index (χ1) is 9.83. The van der Waals surface area contributed by atoms with Crippen LogP contribution in [0.4, 0.5) is 0 Å². The van der Waals surface area contributed by atoms with Gasteiger partial charge in [-0.05, 0) is 80.8 Å². The molecular weight excluding hydrogens is 246 g/mol. The summed E-state index contributed by atoms with van der Waals surface area (Å²) in [4.78, 5) is 2.76. The quantitative estimate of drug-likeness (QED) is 0.825. The summed E-state index contributed by atoms with van der Waals surface area (Å²) in [6.07, 6.45) is 7.90. The Morgan fingerprint density at radius 3 is 2.95 bits per heavy atom. The van der Waals surface area contributed by atoms with Crippen LogP contribution < -0.4 is 4.74 Å². The molecule has 3 rings (SSSR count). The highest BCUT2D eigenvalue weighted by Gasteiger charge is 2.34. The molecule has 1 aliphatic carbocycles. The molecule has 0 N–H and O–H groups in total. The summed E-state index contributed by atoms with van der Waals surface area (Å²) >= 11 is 0. The number of nitrogens with zero attached hydrogens (tertiary/aromatic N) is 1. The number of ether oxygens (including phenoxy) is 1. The number of methoxy groups -OCH3 is 1. The molecule has 1 fully saturated rings. The zero-order valence-electron chi connectivity index (χ0n) is 12.9. The first-order valence-electron chi connectivity index (χ1n) is 8.24. The Balaban J connectivity index is 1.91. The van der Waals surface area contributed by atoms with Gasteiger partial charge < -0.3 is 4.74 Å². The highest BCUT2D eigenvalue weighted by Crippen LogP contribution is 2.40. The van der Waals surface area contributed by atoms with Crippen molar-refractivity contribution in [3.63, 3.8) is 0 Å². The number of benzene rings is 1. The molecule has 0 amide bonds. The molecule has 0 saturated carbocycles. The van der Waals surface area contributed by atoms with Crippen molar-refractivity contribution in [1.29, 1.82) is 0 Å². The van der Waals surface area contributed by atoms with E-state index in [0.29, 0.717) is 0 Å². The number of hydrogen-bond donors (Lipinski definition) is 0. The van der Waals surface area contributed by atoms with Crippen LogP contribution in [0.2, 0.25) is 0 Å². The van der Waals surface area contributed by atoms with E-state index in [4.69, 9.17) is 4.74 Å². The molecule has 0 radical (unpaired) electrons. The molecule has 0 spiro atoms. The summed E-state index contributed by atoms with van der Waals surface area (Å²) in [7, 11) is 1.77. The van der Waals surface area contributed by atoms with Crippen LogP contribution in [0.15, 0.2) is 18.2 Å². The van der Waals surface area contributed by atoms with E-state index in [1.165, 1.54) is 57.2 Å². The molecule has 2 heteroatoms. The molecule has 1 aliphatic heterocycles. The van der Waals surface area contributed by atoms with Gasteiger partial charge in [0.2, 0.25) is 0 Å². The van der Waals surface area contributed by atoms with Gasteiger partial charge in [0.1, 0.15) is 5.75 Å². The zero-order chi connectivity index (χ0) is 13.9. The van der Waals surface area contributed by atoms with Crippen molar-refractivity contribution in [2.45, 2.75) is 57.4 Å². The van der Waals surface area contributed by atoms with Crippen molar-refractivity contribution < 1.29 is 4.74 Å². The van der Waals surface area contributed by atoms with Gasteiger partial charge in [0, 0.05) is 6.04 Å². The topological polar surface area (TPSA) is 12.5 Å². The van der Waals surface area contributed by atoms with Gasteiger partial charge in [-0.25, -0.2) is 0 Å². The van der Waals surface area contributed by atoms with Gasteiger partial charge in [-0.1, -0.05) is 13.0 Å². The number of piperidine rings is 1. The molecule has 2 atom stereocenters. The van der Waals surface area contributed by atoms with Crippen molar-refractivity contribution >= 4 is 0 Å². The van der Waals surface area contributed by atoms with Crippen LogP contribution in [-0.4, -0.2) is 31.1 Å². The van der Waals surface area contributed by atoms with Crippen LogP contribution in [0.3, 0.4) is 0 Å². The Kier molecular flexibility index (Phi) is 4.30. The maximum atomic E-state index is 5.41. The van der Waals surface area contributed by atoms with Crippen molar-refractivity contribution in [3.8, 4) is 5.75 Å². The predicted octanol–water partition coefficient (Wildman–Crippen LogP) is 3.99. The first kappa shape index (κ1) is 13.9. The molecule has 0 aromatic heterocycles. The fourth-order valence-electron chi connectivity index (χ4n) is 4.23. The van der Waals surface area contributed by atoms with Crippen molar-refractivity contribution in [3.05, 3.63) is 29.3 Å². The normalized spacial score (nSPS) is 26.5. The summed E-state index contributed by atoms with van der Waals surface area (Å²) in [5.41, 5.74) is 3.14. The van der Waals surface area contributed by atoms with Gasteiger partial charge in [-0.3, -0.25) is 4.90 Å². The van der Waals surface area contributed by atoms with Gasteiger partial charge in [-0.15, -0.1) is 0 Å². The monoisotopic (exact) mass is 273 g/mol. The van der Waals surface area contributed by atoms with Gasteiger partial charge in [-0.2, -0.15) is 0 Å². The second-order valence-electron chi connectivity index (χ2n) is 6.31. The molecule has 1 aromatic rings. The molecule has 2 aliphatic rings. The summed E-state index contributed by atoms with van der Waals surface area (Å²) in [6, 6.07) is 7.54. The lowest BCUT2D eigenvalue weighted by atomic mass is 9.82. The van der Waals surface area contributed by atoms with Crippen LogP contribution in [0.25, 0.3) is 0 Å². The third-order valence-electron chi connectivity index (χ3n) is 5.10. The van der Waals surface area contributed by atoms with Crippen LogP contribution in [0.1, 0.15) is 56.1 Å². The maximum absolute atomic E-state index is 5.41. The number of fused-ring (bicyclic) bond motifs is 3. The van der Waals surface area contributed by atoms with Crippen molar-refractivity contribution in [2.75, 3.05) is 20.2 Å². The number of likely N-dealkylation sites (tertiary alicyclic amines) is 1. The van der Waals surface area contributed by atoms with Crippen molar-refractivity contribution in [1.82, 2.24) is 4.90 Å². The Morgan fingerprint density at radius 1 is 1.25 bits per heavy atom. The third-order valence-corrected chi connectivity index (χ3v) is 5.10. The van der Waals surface area contributed by atoms with Crippen LogP contribution >= 0.6 is 0 Å². The molecule has 20 heavy (non-hydrogen) atoms. The van der Waals surface area contributed by atoms with E-state index in [2.05, 4.69) is 30.0 Å². The standard InChI is InChI=1S/C18H27NO/c1-3-11-19-12-5-7-17-16-10-9-15(20-2)13-14(16)6-4-8-18(17)19/h9-10,13,17-18H,3-8,11-12H2,1-2H3/t17-,18-/m0/s1. The minimum Gasteiger partial charge on any atom is -0.497 e. The SMILES string of the molecule is CCCN1CCC[C@H]2c3ccc(OC)cc3CCC[C@@H]21. The van der Waals surface area contributed by atoms with Crippen LogP contribution in [0.5, 0.6) is 5.75 Å². The Hall–Kier alpha value is -1.02. The fraction of sp³-hybridized carbons (Fsp3) is 0.667. The number of rotatable bonds is 3. The summed E-state index contributed by atoms with van der Waals surface area (Å²) < 4.78 is 5.41. The molecule has 2 nitrogen and oxygen atoms in total. The molecule has 1 heterocycles. The molecule has 1 aromatic carbocycles. The van der Waals surface area contributed by atoms with Gasteiger partial charge in [0.05, 0.1) is 7.11 Å². The molecule has 0 bridgehead atoms. The zero-order valence-corrected chi connectivity index (χ0v) is 12.9. The van der Waals surface area contributed by atoms with Crippen LogP contribution in [-0.2, 0) is 6.42 Å². The third kappa shape index (κ3) is 2.58. The number of hydrogen-bond acceptors (Lipinski definition) is 2. The molecule has 1 saturated heterocycles. The highest BCUT2D eigenvalue weighted by atomic mass is 16.5. The Labute approximate surface area is 123 Å². The lowest BCUT2D eigenvalue weighted by Gasteiger charge is -2.41. The second kappa shape index (κ2) is 6.17. The minimum absolute atomic E-state index is 0.749. The molecule has 110 valence electrons. The summed E-state index contributed by atoms with van der Waals surface area (Å²) in [5, 5.41) is 0. The smallest absolute Gasteiger partial charge is 0.119 e. The fourth-order valence-corrected chi connectivity index (χ4v) is 4.23. The van der Waals surface area contributed by atoms with E-state index in [0.717, 1.165) is 17.7 Å². The largest absolute Gasteiger partial charge is 0.497 e. The molecular formula is C18H27NO. The maximum Gasteiger partial charge on any atom is 0.119 e. The average Bonchev–Trinajstić information content (AvgIpc) is 2.67. The predicted molar refractivity (Wildman–Crippen MR) is 83.6 cm³/mol. The highest BCUT2D eigenvalue weighted by molar-refractivity contribution is 5.39. The van der Waals surface area contributed by atoms with Crippen molar-refractivity contribution in [2.24, 2.45) is 0 Å². The minimum atomic E-state index is 0.749. The van der Waals surface area contributed by atoms with E-state index in [-0.39, 0.29) is 0 Å². The average molecular weight is 273 g/mol. The second-order valence-corrected chi connectivity index (χ2v) is 6.31. The van der Waals surface area contributed by atoms with Gasteiger partial charge in [0.25, 0.3) is 0 Å². The lowest BCUT2D eigenvalue weighted by Crippen LogP contribution is -2.44. The Bertz CT molecular complexity index is 455. The van der Waals surface area contributed by atoms with E-state index in [9.17, 15) is 0 Å². The Morgan fingerprint density at radius 2 is 2.15 bits per heavy atom. The summed E-state index contributed by atoms with van der Waals surface area (Å²) in [5.74, 6) is 1.77. The van der Waals surface area contributed by atoms with E-state index in [1.54, 1.807) is 12.7 Å². The lowest BCUT2D eigenvalue weighted by molar-refractivity contribution is 0.120. The van der Waals surface area contributed by atoms with E-state index < -0.39 is 0 Å². The summed E-state index contributed by atoms with van der Waals surface area (Å²) in [6.45, 7) is 4.88. The van der Waals surface area contributed by atoms with Gasteiger partial charge in [0.15, 0.2) is 0 Å². The van der Waals surface area contributed by atoms with E-state index >= 15 is 0 Å². The first-order valence-corrected chi connectivity index (χ1v) is 8.24.